The zero-order valence-corrected chi connectivity index (χ0v) is 9.21. The van der Waals surface area contributed by atoms with Gasteiger partial charge in [0.1, 0.15) is 16.5 Å². The molecule has 4 nitrogen and oxygen atoms in total. The summed E-state index contributed by atoms with van der Waals surface area (Å²) in [5, 5.41) is 9.66. The van der Waals surface area contributed by atoms with Gasteiger partial charge in [-0.05, 0) is 19.1 Å². The molecule has 0 radical (unpaired) electrons. The second-order valence-electron chi connectivity index (χ2n) is 3.13. The molecule has 3 N–H and O–H groups in total. The van der Waals surface area contributed by atoms with E-state index in [1.807, 2.05) is 0 Å². The lowest BCUT2D eigenvalue weighted by Crippen LogP contribution is -2.26. The topological polar surface area (TPSA) is 72.5 Å². The summed E-state index contributed by atoms with van der Waals surface area (Å²) in [5.41, 5.74) is 5.53. The van der Waals surface area contributed by atoms with E-state index in [4.69, 9.17) is 22.1 Å². The molecule has 0 heterocycles. The number of carbonyl (C=O) groups is 1. The Morgan fingerprint density at radius 1 is 1.60 bits per heavy atom. The van der Waals surface area contributed by atoms with Crippen molar-refractivity contribution in [2.24, 2.45) is 5.73 Å². The van der Waals surface area contributed by atoms with Gasteiger partial charge in [0.25, 0.3) is 0 Å². The average Bonchev–Trinajstić information content (AvgIpc) is 2.21. The summed E-state index contributed by atoms with van der Waals surface area (Å²) in [6.45, 7) is 1.54. The Labute approximate surface area is 92.6 Å². The largest absolute Gasteiger partial charge is 0.505 e. The van der Waals surface area contributed by atoms with E-state index < -0.39 is 6.04 Å². The summed E-state index contributed by atoms with van der Waals surface area (Å²) in [6, 6.07) is 2.27. The van der Waals surface area contributed by atoms with Crippen molar-refractivity contribution in [3.05, 3.63) is 22.7 Å². The van der Waals surface area contributed by atoms with E-state index in [2.05, 4.69) is 0 Å². The van der Waals surface area contributed by atoms with Gasteiger partial charge in [-0.15, -0.1) is 0 Å². The van der Waals surface area contributed by atoms with Crippen LogP contribution < -0.4 is 10.5 Å². The smallest absolute Gasteiger partial charge is 0.182 e. The highest BCUT2D eigenvalue weighted by molar-refractivity contribution is 6.34. The van der Waals surface area contributed by atoms with Crippen LogP contribution in [0.5, 0.6) is 11.5 Å². The van der Waals surface area contributed by atoms with Gasteiger partial charge in [0.05, 0.1) is 18.7 Å². The molecule has 0 aromatic heterocycles. The predicted octanol–water partition coefficient (Wildman–Crippen LogP) is 1.58. The Balaban J connectivity index is 3.23. The fourth-order valence-corrected chi connectivity index (χ4v) is 1.39. The van der Waals surface area contributed by atoms with Gasteiger partial charge in [-0.1, -0.05) is 11.6 Å². The number of nitrogens with two attached hydrogens (primary N) is 1. The first kappa shape index (κ1) is 11.8. The van der Waals surface area contributed by atoms with E-state index in [9.17, 15) is 9.90 Å². The number of Topliss-reactive ketones (excluding diaryl/α,β-unsaturated/α-hetero) is 1. The monoisotopic (exact) mass is 229 g/mol. The van der Waals surface area contributed by atoms with E-state index in [1.54, 1.807) is 6.92 Å². The van der Waals surface area contributed by atoms with Crippen molar-refractivity contribution in [3.8, 4) is 11.5 Å². The van der Waals surface area contributed by atoms with Crippen molar-refractivity contribution < 1.29 is 14.6 Å². The number of rotatable bonds is 3. The second-order valence-corrected chi connectivity index (χ2v) is 3.51. The van der Waals surface area contributed by atoms with Crippen LogP contribution in [0.3, 0.4) is 0 Å². The van der Waals surface area contributed by atoms with Crippen LogP contribution in [0.25, 0.3) is 0 Å². The molecule has 1 aromatic rings. The first-order chi connectivity index (χ1) is 6.99. The van der Waals surface area contributed by atoms with Gasteiger partial charge in [-0.2, -0.15) is 0 Å². The third-order valence-corrected chi connectivity index (χ3v) is 2.34. The quantitative estimate of drug-likeness (QED) is 0.772. The standard InChI is InChI=1S/C10H12ClNO3/c1-5(12)9(13)6-3-4-7(15-2)8(11)10(6)14/h3-5,14H,12H2,1-2H3. The second kappa shape index (κ2) is 4.51. The van der Waals surface area contributed by atoms with Gasteiger partial charge >= 0.3 is 0 Å². The molecule has 0 bridgehead atoms. The molecule has 0 fully saturated rings. The molecular weight excluding hydrogens is 218 g/mol. The summed E-state index contributed by atoms with van der Waals surface area (Å²) in [6.07, 6.45) is 0. The highest BCUT2D eigenvalue weighted by Gasteiger charge is 2.19. The number of halogens is 1. The fraction of sp³-hybridized carbons (Fsp3) is 0.300. The lowest BCUT2D eigenvalue weighted by Gasteiger charge is -2.10. The van der Waals surface area contributed by atoms with Gasteiger partial charge in [-0.25, -0.2) is 0 Å². The van der Waals surface area contributed by atoms with Crippen molar-refractivity contribution in [2.45, 2.75) is 13.0 Å². The van der Waals surface area contributed by atoms with Gasteiger partial charge in [0, 0.05) is 0 Å². The zero-order chi connectivity index (χ0) is 11.6. The SMILES string of the molecule is COc1ccc(C(=O)C(C)N)c(O)c1Cl. The van der Waals surface area contributed by atoms with Crippen LogP contribution in [-0.2, 0) is 0 Å². The van der Waals surface area contributed by atoms with Crippen molar-refractivity contribution in [1.82, 2.24) is 0 Å². The molecule has 0 spiro atoms. The van der Waals surface area contributed by atoms with Gasteiger partial charge in [0.2, 0.25) is 0 Å². The van der Waals surface area contributed by atoms with Crippen molar-refractivity contribution >= 4 is 17.4 Å². The Bertz CT molecular complexity index is 390. The Kier molecular flexibility index (Phi) is 3.55. The number of ketones is 1. The fourth-order valence-electron chi connectivity index (χ4n) is 1.15. The number of carbonyl (C=O) groups excluding carboxylic acids is 1. The summed E-state index contributed by atoms with van der Waals surface area (Å²) < 4.78 is 4.89. The van der Waals surface area contributed by atoms with E-state index in [1.165, 1.54) is 19.2 Å². The minimum atomic E-state index is -0.680. The molecule has 0 saturated heterocycles. The summed E-state index contributed by atoms with van der Waals surface area (Å²) in [7, 11) is 1.42. The van der Waals surface area contributed by atoms with Crippen LogP contribution in [0, 0.1) is 0 Å². The molecule has 1 rings (SSSR count). The predicted molar refractivity (Wildman–Crippen MR) is 57.6 cm³/mol. The maximum Gasteiger partial charge on any atom is 0.182 e. The minimum Gasteiger partial charge on any atom is -0.505 e. The van der Waals surface area contributed by atoms with Gasteiger partial charge < -0.3 is 15.6 Å². The third-order valence-electron chi connectivity index (χ3n) is 1.98. The number of ether oxygens (including phenoxy) is 1. The molecule has 0 aliphatic carbocycles. The number of phenols is 1. The van der Waals surface area contributed by atoms with Crippen LogP contribution in [0.1, 0.15) is 17.3 Å². The average molecular weight is 230 g/mol. The number of hydrogen-bond donors (Lipinski definition) is 2. The van der Waals surface area contributed by atoms with E-state index in [-0.39, 0.29) is 22.1 Å². The third kappa shape index (κ3) is 2.22. The summed E-state index contributed by atoms with van der Waals surface area (Å²) >= 11 is 5.78. The summed E-state index contributed by atoms with van der Waals surface area (Å²) in [5.74, 6) is -0.342. The van der Waals surface area contributed by atoms with Crippen LogP contribution in [0.2, 0.25) is 5.02 Å². The first-order valence-electron chi connectivity index (χ1n) is 4.34. The molecule has 5 heteroatoms. The van der Waals surface area contributed by atoms with Crippen LogP contribution >= 0.6 is 11.6 Å². The number of benzene rings is 1. The van der Waals surface area contributed by atoms with Crippen molar-refractivity contribution in [2.75, 3.05) is 7.11 Å². The molecule has 1 unspecified atom stereocenters. The first-order valence-corrected chi connectivity index (χ1v) is 4.72. The maximum atomic E-state index is 11.5. The lowest BCUT2D eigenvalue weighted by molar-refractivity contribution is 0.0965. The van der Waals surface area contributed by atoms with Crippen LogP contribution in [0.15, 0.2) is 12.1 Å². The van der Waals surface area contributed by atoms with E-state index >= 15 is 0 Å². The van der Waals surface area contributed by atoms with E-state index in [0.29, 0.717) is 5.75 Å². The molecule has 0 saturated carbocycles. The highest BCUT2D eigenvalue weighted by atomic mass is 35.5. The summed E-state index contributed by atoms with van der Waals surface area (Å²) in [4.78, 5) is 11.5. The van der Waals surface area contributed by atoms with Crippen molar-refractivity contribution in [1.29, 1.82) is 0 Å². The molecule has 0 aliphatic rings. The van der Waals surface area contributed by atoms with Gasteiger partial charge in [0.15, 0.2) is 5.78 Å². The molecule has 0 amide bonds. The zero-order valence-electron chi connectivity index (χ0n) is 8.45. The minimum absolute atomic E-state index is 0.0176. The number of phenolic OH excluding ortho intramolecular Hbond substituents is 1. The van der Waals surface area contributed by atoms with Crippen LogP contribution in [-0.4, -0.2) is 24.0 Å². The molecule has 1 aromatic carbocycles. The van der Waals surface area contributed by atoms with E-state index in [0.717, 1.165) is 0 Å². The van der Waals surface area contributed by atoms with Gasteiger partial charge in [-0.3, -0.25) is 4.79 Å². The number of methoxy groups -OCH3 is 1. The number of hydrogen-bond acceptors (Lipinski definition) is 4. The lowest BCUT2D eigenvalue weighted by atomic mass is 10.0. The normalized spacial score (nSPS) is 12.3. The molecular formula is C10H12ClNO3. The molecule has 82 valence electrons. The van der Waals surface area contributed by atoms with Crippen LogP contribution in [0.4, 0.5) is 0 Å². The Morgan fingerprint density at radius 2 is 2.20 bits per heavy atom. The molecule has 1 atom stereocenters. The molecule has 15 heavy (non-hydrogen) atoms. The molecule has 0 aliphatic heterocycles. The highest BCUT2D eigenvalue weighted by Crippen LogP contribution is 2.36. The Hall–Kier alpha value is -1.26. The Morgan fingerprint density at radius 3 is 2.67 bits per heavy atom. The van der Waals surface area contributed by atoms with Crippen molar-refractivity contribution in [3.63, 3.8) is 0 Å². The maximum absolute atomic E-state index is 11.5. The number of aromatic hydroxyl groups is 1.